The number of aromatic amines is 1. The van der Waals surface area contributed by atoms with Crippen LogP contribution in [0.2, 0.25) is 0 Å². The summed E-state index contributed by atoms with van der Waals surface area (Å²) in [5, 5.41) is 10.5. The molecule has 4 fully saturated rings. The van der Waals surface area contributed by atoms with Gasteiger partial charge in [-0.05, 0) is 19.8 Å². The third kappa shape index (κ3) is 1.53. The highest BCUT2D eigenvalue weighted by Crippen LogP contribution is 2.75. The molecular formula is C16H19FN2O6. The van der Waals surface area contributed by atoms with Crippen LogP contribution in [-0.2, 0) is 14.2 Å². The molecule has 2 saturated carbocycles. The average molecular weight is 354 g/mol. The molecule has 5 rings (SSSR count). The van der Waals surface area contributed by atoms with Gasteiger partial charge >= 0.3 is 5.69 Å². The first kappa shape index (κ1) is 15.7. The molecule has 2 N–H and O–H groups in total. The van der Waals surface area contributed by atoms with Crippen molar-refractivity contribution in [2.75, 3.05) is 6.67 Å². The number of hydrogen-bond acceptors (Lipinski definition) is 6. The maximum atomic E-state index is 13.9. The predicted octanol–water partition coefficient (Wildman–Crippen LogP) is -0.0372. The Kier molecular flexibility index (Phi) is 2.76. The molecule has 2 spiro atoms. The van der Waals surface area contributed by atoms with Gasteiger partial charge in [-0.2, -0.15) is 0 Å². The van der Waals surface area contributed by atoms with Crippen molar-refractivity contribution >= 4 is 0 Å². The molecule has 25 heavy (non-hydrogen) atoms. The largest absolute Gasteiger partial charge is 0.387 e. The molecule has 2 aliphatic heterocycles. The van der Waals surface area contributed by atoms with Crippen LogP contribution in [0.1, 0.15) is 38.8 Å². The number of alkyl halides is 1. The summed E-state index contributed by atoms with van der Waals surface area (Å²) in [7, 11) is 0. The Labute approximate surface area is 141 Å². The summed E-state index contributed by atoms with van der Waals surface area (Å²) in [5.74, 6) is -0.888. The van der Waals surface area contributed by atoms with Crippen LogP contribution in [0, 0.1) is 0 Å². The quantitative estimate of drug-likeness (QED) is 0.773. The molecule has 0 amide bonds. The summed E-state index contributed by atoms with van der Waals surface area (Å²) < 4.78 is 33.4. The third-order valence-corrected chi connectivity index (χ3v) is 6.32. The molecule has 1 aromatic heterocycles. The molecule has 1 unspecified atom stereocenters. The molecule has 0 radical (unpaired) electrons. The molecule has 8 nitrogen and oxygen atoms in total. The van der Waals surface area contributed by atoms with Gasteiger partial charge in [0.2, 0.25) is 0 Å². The molecule has 0 bridgehead atoms. The minimum atomic E-state index is -1.56. The molecule has 4 aliphatic rings. The lowest BCUT2D eigenvalue weighted by Gasteiger charge is -2.34. The van der Waals surface area contributed by atoms with Crippen molar-refractivity contribution in [2.24, 2.45) is 0 Å². The summed E-state index contributed by atoms with van der Waals surface area (Å²) in [4.78, 5) is 25.7. The van der Waals surface area contributed by atoms with Crippen molar-refractivity contribution in [3.63, 3.8) is 0 Å². The SMILES string of the molecule is C[C@@]12OC3(CCCC3)O[C@@]13C(O)[C@@]3(CF)O[C@H]2n1ccc(=O)[nH]c1=O. The highest BCUT2D eigenvalue weighted by molar-refractivity contribution is 5.43. The van der Waals surface area contributed by atoms with E-state index in [2.05, 4.69) is 4.98 Å². The number of aliphatic hydroxyl groups is 1. The zero-order valence-corrected chi connectivity index (χ0v) is 13.7. The fourth-order valence-corrected chi connectivity index (χ4v) is 5.12. The van der Waals surface area contributed by atoms with Crippen molar-refractivity contribution in [3.8, 4) is 0 Å². The Hall–Kier alpha value is -1.55. The monoisotopic (exact) mass is 354 g/mol. The van der Waals surface area contributed by atoms with E-state index in [9.17, 15) is 19.1 Å². The van der Waals surface area contributed by atoms with Crippen LogP contribution in [0.4, 0.5) is 4.39 Å². The predicted molar refractivity (Wildman–Crippen MR) is 80.7 cm³/mol. The second-order valence-corrected chi connectivity index (χ2v) is 7.58. The number of hydrogen-bond donors (Lipinski definition) is 2. The highest BCUT2D eigenvalue weighted by atomic mass is 19.1. The van der Waals surface area contributed by atoms with Gasteiger partial charge in [-0.25, -0.2) is 9.18 Å². The van der Waals surface area contributed by atoms with Crippen LogP contribution in [-0.4, -0.2) is 50.0 Å². The van der Waals surface area contributed by atoms with Crippen LogP contribution in [0.5, 0.6) is 0 Å². The van der Waals surface area contributed by atoms with E-state index in [0.29, 0.717) is 12.8 Å². The zero-order chi connectivity index (χ0) is 17.7. The molecule has 2 saturated heterocycles. The van der Waals surface area contributed by atoms with Crippen LogP contribution >= 0.6 is 0 Å². The third-order valence-electron chi connectivity index (χ3n) is 6.32. The number of nitrogens with zero attached hydrogens (tertiary/aromatic N) is 1. The van der Waals surface area contributed by atoms with Crippen molar-refractivity contribution < 1.29 is 23.7 Å². The van der Waals surface area contributed by atoms with E-state index in [1.165, 1.54) is 12.3 Å². The van der Waals surface area contributed by atoms with Crippen LogP contribution in [0.3, 0.4) is 0 Å². The summed E-state index contributed by atoms with van der Waals surface area (Å²) in [6, 6.07) is 1.18. The van der Waals surface area contributed by atoms with Crippen molar-refractivity contribution in [2.45, 2.75) is 67.5 Å². The van der Waals surface area contributed by atoms with Crippen molar-refractivity contribution in [1.29, 1.82) is 0 Å². The second kappa shape index (κ2) is 4.40. The standard InChI is InChI=1S/C16H19FN2O6/c1-13-11(19-7-4-9(20)18-12(19)22)23-15(8-17)10(21)16(13,15)25-14(24-13)5-2-3-6-14/h4,7,10-11,21H,2-3,5-6,8H2,1H3,(H,18,20,22)/t10?,11-,13+,15-,16+/m1/s1. The lowest BCUT2D eigenvalue weighted by molar-refractivity contribution is -0.234. The zero-order valence-electron chi connectivity index (χ0n) is 13.7. The topological polar surface area (TPSA) is 103 Å². The van der Waals surface area contributed by atoms with Crippen LogP contribution in [0.15, 0.2) is 21.9 Å². The first-order chi connectivity index (χ1) is 11.8. The van der Waals surface area contributed by atoms with Gasteiger partial charge in [0.05, 0.1) is 0 Å². The molecule has 2 aliphatic carbocycles. The Morgan fingerprint density at radius 2 is 2.08 bits per heavy atom. The number of aliphatic hydroxyl groups excluding tert-OH is 1. The molecule has 5 atom stereocenters. The fraction of sp³-hybridized carbons (Fsp3) is 0.750. The van der Waals surface area contributed by atoms with Gasteiger partial charge in [0.15, 0.2) is 23.2 Å². The van der Waals surface area contributed by atoms with E-state index in [4.69, 9.17) is 14.2 Å². The van der Waals surface area contributed by atoms with Gasteiger partial charge in [-0.3, -0.25) is 14.3 Å². The fourth-order valence-electron chi connectivity index (χ4n) is 5.12. The van der Waals surface area contributed by atoms with E-state index < -0.39 is 52.8 Å². The number of halogens is 1. The van der Waals surface area contributed by atoms with E-state index in [1.807, 2.05) is 0 Å². The van der Waals surface area contributed by atoms with Gasteiger partial charge in [0, 0.05) is 25.1 Å². The molecule has 0 aromatic carbocycles. The van der Waals surface area contributed by atoms with Crippen molar-refractivity contribution in [3.05, 3.63) is 33.1 Å². The Bertz CT molecular complexity index is 863. The number of aromatic nitrogens is 2. The first-order valence-corrected chi connectivity index (χ1v) is 8.48. The van der Waals surface area contributed by atoms with E-state index in [-0.39, 0.29) is 0 Å². The maximum Gasteiger partial charge on any atom is 0.330 e. The normalized spacial score (nSPS) is 46.4. The molecule has 1 aromatic rings. The number of nitrogens with one attached hydrogen (secondary N) is 1. The minimum absolute atomic E-state index is 0.541. The molecular weight excluding hydrogens is 335 g/mol. The number of H-pyrrole nitrogens is 1. The Balaban J connectivity index is 1.66. The maximum absolute atomic E-state index is 13.9. The summed E-state index contributed by atoms with van der Waals surface area (Å²) in [5.41, 5.74) is -5.41. The average Bonchev–Trinajstić information content (AvgIpc) is 2.94. The van der Waals surface area contributed by atoms with Gasteiger partial charge in [-0.1, -0.05) is 0 Å². The van der Waals surface area contributed by atoms with Gasteiger partial charge in [0.25, 0.3) is 5.56 Å². The number of rotatable bonds is 2. The van der Waals surface area contributed by atoms with Gasteiger partial charge in [0.1, 0.15) is 18.4 Å². The van der Waals surface area contributed by atoms with Gasteiger partial charge in [-0.15, -0.1) is 0 Å². The minimum Gasteiger partial charge on any atom is -0.387 e. The highest BCUT2D eigenvalue weighted by Gasteiger charge is 2.97. The second-order valence-electron chi connectivity index (χ2n) is 7.58. The summed E-state index contributed by atoms with van der Waals surface area (Å²) >= 11 is 0. The van der Waals surface area contributed by atoms with E-state index in [0.717, 1.165) is 17.4 Å². The summed E-state index contributed by atoms with van der Waals surface area (Å²) in [6.45, 7) is 0.716. The van der Waals surface area contributed by atoms with Crippen LogP contribution < -0.4 is 11.2 Å². The van der Waals surface area contributed by atoms with E-state index >= 15 is 0 Å². The van der Waals surface area contributed by atoms with Crippen LogP contribution in [0.25, 0.3) is 0 Å². The Morgan fingerprint density at radius 1 is 1.36 bits per heavy atom. The van der Waals surface area contributed by atoms with Crippen molar-refractivity contribution in [1.82, 2.24) is 9.55 Å². The lowest BCUT2D eigenvalue weighted by Crippen LogP contribution is -2.49. The number of ether oxygens (including phenoxy) is 3. The van der Waals surface area contributed by atoms with Gasteiger partial charge < -0.3 is 19.3 Å². The molecule has 9 heteroatoms. The molecule has 3 heterocycles. The lowest BCUT2D eigenvalue weighted by atomic mass is 9.94. The summed E-state index contributed by atoms with van der Waals surface area (Å²) in [6.07, 6.45) is 2.21. The Morgan fingerprint density at radius 3 is 2.72 bits per heavy atom. The first-order valence-electron chi connectivity index (χ1n) is 8.48. The smallest absolute Gasteiger partial charge is 0.330 e. The molecule has 136 valence electrons. The van der Waals surface area contributed by atoms with E-state index in [1.54, 1.807) is 6.92 Å².